The van der Waals surface area contributed by atoms with Gasteiger partial charge < -0.3 is 40.9 Å². The fourth-order valence-corrected chi connectivity index (χ4v) is 5.69. The summed E-state index contributed by atoms with van der Waals surface area (Å²) < 4.78 is 20.2. The number of nitrogens with zero attached hydrogens (tertiary/aromatic N) is 6. The number of rotatable bonds is 17. The molecule has 2 amide bonds. The maximum Gasteiger partial charge on any atom is 0.412 e. The molecule has 0 aliphatic rings. The number of aldehydes is 2. The van der Waals surface area contributed by atoms with Crippen molar-refractivity contribution in [3.05, 3.63) is 99.1 Å². The maximum atomic E-state index is 12.0. The second-order valence-corrected chi connectivity index (χ2v) is 13.8. The first kappa shape index (κ1) is 48.0. The van der Waals surface area contributed by atoms with E-state index in [1.165, 1.54) is 26.4 Å². The number of imidazole rings is 1. The average molecular weight is 844 g/mol. The molecule has 0 aliphatic carbocycles. The van der Waals surface area contributed by atoms with Crippen LogP contribution in [-0.4, -0.2) is 93.8 Å². The first-order valence-corrected chi connectivity index (χ1v) is 19.0. The smallest absolute Gasteiger partial charge is 0.412 e. The predicted molar refractivity (Wildman–Crippen MR) is 232 cm³/mol. The van der Waals surface area contributed by atoms with Crippen LogP contribution in [0.2, 0.25) is 0 Å². The zero-order valence-electron chi connectivity index (χ0n) is 35.5. The van der Waals surface area contributed by atoms with Gasteiger partial charge in [0.2, 0.25) is 11.9 Å². The summed E-state index contributed by atoms with van der Waals surface area (Å²) in [5, 5.41) is 24.8. The van der Waals surface area contributed by atoms with Crippen molar-refractivity contribution in [2.45, 2.75) is 59.7 Å². The molecule has 2 aromatic carbocycles. The largest absolute Gasteiger partial charge is 0.494 e. The van der Waals surface area contributed by atoms with Gasteiger partial charge in [0.05, 0.1) is 41.7 Å². The van der Waals surface area contributed by atoms with Crippen LogP contribution < -0.4 is 36.9 Å². The highest BCUT2D eigenvalue weighted by atomic mass is 16.6. The number of pyridine rings is 1. The summed E-state index contributed by atoms with van der Waals surface area (Å²) in [6.45, 7) is 10.4. The van der Waals surface area contributed by atoms with Crippen LogP contribution in [0.15, 0.2) is 60.8 Å². The van der Waals surface area contributed by atoms with Gasteiger partial charge in [-0.2, -0.15) is 5.10 Å². The van der Waals surface area contributed by atoms with Gasteiger partial charge in [0.25, 0.3) is 5.69 Å². The van der Waals surface area contributed by atoms with Crippen LogP contribution in [0, 0.1) is 17.0 Å². The summed E-state index contributed by atoms with van der Waals surface area (Å²) in [7, 11) is 4.73. The highest BCUT2D eigenvalue weighted by molar-refractivity contribution is 5.96. The molecular weight excluding hydrogens is 791 g/mol. The Balaban J connectivity index is 0.000000716. The molecule has 3 aromatic heterocycles. The van der Waals surface area contributed by atoms with Crippen molar-refractivity contribution in [3.63, 3.8) is 0 Å². The number of carbonyl (C=O) groups is 4. The van der Waals surface area contributed by atoms with Gasteiger partial charge in [0.1, 0.15) is 34.6 Å². The molecular formula is C41H53N11O9. The Hall–Kier alpha value is -7.35. The van der Waals surface area contributed by atoms with Gasteiger partial charge in [-0.15, -0.1) is 0 Å². The molecule has 0 aliphatic heterocycles. The molecule has 0 unspecified atom stereocenters. The Labute approximate surface area is 352 Å². The molecule has 5 rings (SSSR count). The molecule has 0 atom stereocenters. The van der Waals surface area contributed by atoms with Crippen LogP contribution in [-0.2, 0) is 24.2 Å². The van der Waals surface area contributed by atoms with Crippen molar-refractivity contribution in [2.75, 3.05) is 50.3 Å². The van der Waals surface area contributed by atoms with E-state index in [9.17, 15) is 29.3 Å². The lowest BCUT2D eigenvalue weighted by Gasteiger charge is -2.19. The van der Waals surface area contributed by atoms with Crippen molar-refractivity contribution >= 4 is 58.6 Å². The maximum absolute atomic E-state index is 12.0. The number of ether oxygens (including phenoxy) is 3. The summed E-state index contributed by atoms with van der Waals surface area (Å²) >= 11 is 0. The van der Waals surface area contributed by atoms with Crippen LogP contribution in [0.3, 0.4) is 0 Å². The number of aryl methyl sites for hydroxylation is 2. The van der Waals surface area contributed by atoms with E-state index >= 15 is 0 Å². The number of amides is 2. The van der Waals surface area contributed by atoms with E-state index in [4.69, 9.17) is 19.9 Å². The van der Waals surface area contributed by atoms with Gasteiger partial charge in [-0.05, 0) is 78.1 Å². The van der Waals surface area contributed by atoms with Gasteiger partial charge >= 0.3 is 6.09 Å². The average Bonchev–Trinajstić information content (AvgIpc) is 3.79. The molecule has 61 heavy (non-hydrogen) atoms. The predicted octanol–water partition coefficient (Wildman–Crippen LogP) is 5.54. The van der Waals surface area contributed by atoms with E-state index in [2.05, 4.69) is 36.8 Å². The zero-order chi connectivity index (χ0) is 45.3. The van der Waals surface area contributed by atoms with Gasteiger partial charge in [0.15, 0.2) is 12.0 Å². The number of nitrogens with one attached hydrogen (secondary N) is 3. The van der Waals surface area contributed by atoms with Crippen molar-refractivity contribution in [1.29, 1.82) is 0 Å². The molecule has 3 heterocycles. The Kier molecular flexibility index (Phi) is 17.9. The van der Waals surface area contributed by atoms with Crippen LogP contribution >= 0.6 is 0 Å². The monoisotopic (exact) mass is 843 g/mol. The number of benzene rings is 2. The van der Waals surface area contributed by atoms with E-state index in [-0.39, 0.29) is 35.8 Å². The number of anilines is 3. The fourth-order valence-electron chi connectivity index (χ4n) is 5.69. The summed E-state index contributed by atoms with van der Waals surface area (Å²) in [4.78, 5) is 66.0. The second kappa shape index (κ2) is 22.7. The lowest BCUT2D eigenvalue weighted by Crippen LogP contribution is -2.27. The lowest BCUT2D eigenvalue weighted by atomic mass is 10.1. The Morgan fingerprint density at radius 3 is 2.33 bits per heavy atom. The molecule has 0 bridgehead atoms. The molecule has 326 valence electrons. The van der Waals surface area contributed by atoms with Crippen molar-refractivity contribution in [3.8, 4) is 11.5 Å². The van der Waals surface area contributed by atoms with E-state index in [0.717, 1.165) is 30.9 Å². The third-order valence-corrected chi connectivity index (χ3v) is 8.26. The van der Waals surface area contributed by atoms with Crippen molar-refractivity contribution in [2.24, 2.45) is 11.5 Å². The molecule has 0 spiro atoms. The molecule has 20 heteroatoms. The molecule has 7 N–H and O–H groups in total. The quantitative estimate of drug-likeness (QED) is 0.0333. The number of nitro benzene ring substituents is 1. The summed E-state index contributed by atoms with van der Waals surface area (Å²) in [5.74, 6) is 0.243. The highest BCUT2D eigenvalue weighted by Gasteiger charge is 2.23. The number of fused-ring (bicyclic) bond motifs is 1. The highest BCUT2D eigenvalue weighted by Crippen LogP contribution is 2.36. The van der Waals surface area contributed by atoms with Crippen LogP contribution in [0.4, 0.5) is 27.8 Å². The number of carbonyl (C=O) groups excluding carboxylic acids is 4. The standard InChI is InChI=1S/C33H38N8O8.C7H10N2O.CH5N/c1-33(2,3)49-32(44)38-23-9-8-22(37-18-23)10-13-48-26-17-21(30(34)43)16-25(41(45)46)28(26)36-11-6-7-12-40-29-24(39-31(40)35-4)14-20(19-42)15-27(29)47-5;1-3-9-7(5-10)4-6(2)8-9;1-2/h6-9,14-19,36H,10-13H2,1-5H3,(H2,34,43)(H,35,39)(H,38,44);4-5H,3H2,1-2H3;2H2,1H3/b7-6+;;. The lowest BCUT2D eigenvalue weighted by molar-refractivity contribution is -0.384. The molecule has 20 nitrogen and oxygen atoms in total. The van der Waals surface area contributed by atoms with Crippen molar-refractivity contribution < 1.29 is 38.3 Å². The number of hydrogen-bond acceptors (Lipinski definition) is 15. The van der Waals surface area contributed by atoms with Crippen LogP contribution in [0.25, 0.3) is 11.0 Å². The third kappa shape index (κ3) is 13.6. The van der Waals surface area contributed by atoms with E-state index in [1.807, 2.05) is 24.5 Å². The number of methoxy groups -OCH3 is 1. The first-order valence-electron chi connectivity index (χ1n) is 19.0. The SMILES string of the molecule is CCn1nc(C)cc1C=O.CN.CNc1nc2cc(C=O)cc(OC)c2n1C/C=C/CNc1c(OCCc2ccc(NC(=O)OC(C)(C)C)cn2)cc(C(N)=O)cc1[N+](=O)[O-]. The van der Waals surface area contributed by atoms with E-state index in [0.29, 0.717) is 58.3 Å². The molecule has 5 aromatic rings. The minimum atomic E-state index is -0.849. The number of aromatic nitrogens is 5. The molecule has 0 fully saturated rings. The molecule has 0 radical (unpaired) electrons. The fraction of sp³-hybridized carbons (Fsp3) is 0.341. The Morgan fingerprint density at radius 2 is 1.77 bits per heavy atom. The summed E-state index contributed by atoms with van der Waals surface area (Å²) in [6.07, 6.45) is 6.32. The second-order valence-electron chi connectivity index (χ2n) is 13.8. The number of nitrogens with two attached hydrogens (primary N) is 2. The van der Waals surface area contributed by atoms with Gasteiger partial charge in [-0.25, -0.2) is 9.78 Å². The Morgan fingerprint density at radius 1 is 1.03 bits per heavy atom. The minimum absolute atomic E-state index is 0.0594. The van der Waals surface area contributed by atoms with Crippen LogP contribution in [0.5, 0.6) is 11.5 Å². The number of hydrogen-bond donors (Lipinski definition) is 5. The van der Waals surface area contributed by atoms with Crippen LogP contribution in [0.1, 0.15) is 70.3 Å². The number of nitro groups is 1. The summed E-state index contributed by atoms with van der Waals surface area (Å²) in [6, 6.07) is 10.9. The van der Waals surface area contributed by atoms with Gasteiger partial charge in [-0.3, -0.25) is 39.5 Å². The normalized spacial score (nSPS) is 10.8. The molecule has 0 saturated heterocycles. The van der Waals surface area contributed by atoms with E-state index in [1.54, 1.807) is 68.9 Å². The minimum Gasteiger partial charge on any atom is -0.494 e. The van der Waals surface area contributed by atoms with Gasteiger partial charge in [0, 0.05) is 56.0 Å². The first-order chi connectivity index (χ1) is 29.1. The van der Waals surface area contributed by atoms with E-state index < -0.39 is 22.5 Å². The molecule has 0 saturated carbocycles. The summed E-state index contributed by atoms with van der Waals surface area (Å²) in [5.41, 5.74) is 13.2. The number of primary amides is 1. The topological polar surface area (TPSA) is 276 Å². The van der Waals surface area contributed by atoms with Crippen molar-refractivity contribution in [1.82, 2.24) is 24.3 Å². The van der Waals surface area contributed by atoms with Gasteiger partial charge in [-0.1, -0.05) is 12.2 Å². The Bertz CT molecular complexity index is 2330. The zero-order valence-corrected chi connectivity index (χ0v) is 35.5. The third-order valence-electron chi connectivity index (χ3n) is 8.26. The number of allylic oxidation sites excluding steroid dienone is 1.